The fourth-order valence-electron chi connectivity index (χ4n) is 2.30. The number of carbonyl (C=O) groups is 1. The van der Waals surface area contributed by atoms with E-state index in [-0.39, 0.29) is 11.8 Å². The molecule has 0 bridgehead atoms. The molecule has 2 aromatic carbocycles. The van der Waals surface area contributed by atoms with E-state index in [1.165, 1.54) is 12.1 Å². The lowest BCUT2D eigenvalue weighted by Gasteiger charge is -2.06. The maximum atomic E-state index is 13.2. The second-order valence-corrected chi connectivity index (χ2v) is 5.28. The standard InChI is InChI=1S/C20H16FNO2/c1-2-19(23)24-18-8-4-6-15-10-12-17(22-20(15)18)11-9-14-5-3-7-16(21)13-14/h3-13H,2H2,1H3/b11-9-. The number of rotatable bonds is 4. The van der Waals surface area contributed by atoms with Crippen LogP contribution in [0.5, 0.6) is 5.75 Å². The summed E-state index contributed by atoms with van der Waals surface area (Å²) in [5, 5.41) is 0.888. The Hall–Kier alpha value is -3.01. The van der Waals surface area contributed by atoms with E-state index in [0.29, 0.717) is 23.4 Å². The first-order chi connectivity index (χ1) is 11.7. The van der Waals surface area contributed by atoms with Crippen LogP contribution in [-0.2, 0) is 4.79 Å². The molecule has 0 spiro atoms. The second kappa shape index (κ2) is 7.04. The van der Waals surface area contributed by atoms with E-state index in [4.69, 9.17) is 4.74 Å². The van der Waals surface area contributed by atoms with Crippen LogP contribution >= 0.6 is 0 Å². The van der Waals surface area contributed by atoms with Crippen LogP contribution in [0, 0.1) is 5.82 Å². The molecule has 3 nitrogen and oxygen atoms in total. The van der Waals surface area contributed by atoms with Crippen LogP contribution < -0.4 is 4.74 Å². The van der Waals surface area contributed by atoms with Gasteiger partial charge in [0.25, 0.3) is 0 Å². The molecule has 4 heteroatoms. The number of carbonyl (C=O) groups excluding carboxylic acids is 1. The molecule has 3 aromatic rings. The number of ether oxygens (including phenoxy) is 1. The molecule has 1 aromatic heterocycles. The van der Waals surface area contributed by atoms with Gasteiger partial charge in [0, 0.05) is 11.8 Å². The summed E-state index contributed by atoms with van der Waals surface area (Å²) < 4.78 is 18.5. The highest BCUT2D eigenvalue weighted by Crippen LogP contribution is 2.25. The highest BCUT2D eigenvalue weighted by Gasteiger charge is 2.08. The third kappa shape index (κ3) is 3.66. The van der Waals surface area contributed by atoms with Gasteiger partial charge in [0.15, 0.2) is 5.75 Å². The molecular weight excluding hydrogens is 305 g/mol. The summed E-state index contributed by atoms with van der Waals surface area (Å²) in [4.78, 5) is 16.1. The zero-order chi connectivity index (χ0) is 16.9. The average Bonchev–Trinajstić information content (AvgIpc) is 2.60. The molecule has 1 heterocycles. The van der Waals surface area contributed by atoms with Gasteiger partial charge in [0.2, 0.25) is 0 Å². The van der Waals surface area contributed by atoms with Crippen LogP contribution in [0.4, 0.5) is 4.39 Å². The molecule has 24 heavy (non-hydrogen) atoms. The summed E-state index contributed by atoms with van der Waals surface area (Å²) in [6.07, 6.45) is 3.89. The predicted molar refractivity (Wildman–Crippen MR) is 93.0 cm³/mol. The Morgan fingerprint density at radius 1 is 1.12 bits per heavy atom. The highest BCUT2D eigenvalue weighted by molar-refractivity contribution is 5.88. The Kier molecular flexibility index (Phi) is 4.66. The van der Waals surface area contributed by atoms with Crippen molar-refractivity contribution in [2.45, 2.75) is 13.3 Å². The Bertz CT molecular complexity index is 918. The fraction of sp³-hybridized carbons (Fsp3) is 0.100. The molecular formula is C20H16FNO2. The van der Waals surface area contributed by atoms with Gasteiger partial charge >= 0.3 is 5.97 Å². The summed E-state index contributed by atoms with van der Waals surface area (Å²) in [5.74, 6) is -0.136. The molecule has 120 valence electrons. The first-order valence-electron chi connectivity index (χ1n) is 7.70. The minimum atomic E-state index is -0.301. The summed E-state index contributed by atoms with van der Waals surface area (Å²) in [7, 11) is 0. The number of halogens is 1. The van der Waals surface area contributed by atoms with E-state index < -0.39 is 0 Å². The smallest absolute Gasteiger partial charge is 0.310 e. The van der Waals surface area contributed by atoms with Crippen molar-refractivity contribution in [1.29, 1.82) is 0 Å². The number of esters is 1. The number of hydrogen-bond acceptors (Lipinski definition) is 3. The van der Waals surface area contributed by atoms with Gasteiger partial charge in [0.05, 0.1) is 5.69 Å². The Balaban J connectivity index is 1.95. The van der Waals surface area contributed by atoms with Crippen molar-refractivity contribution in [2.24, 2.45) is 0 Å². The van der Waals surface area contributed by atoms with E-state index in [1.54, 1.807) is 31.2 Å². The average molecular weight is 321 g/mol. The van der Waals surface area contributed by atoms with Crippen molar-refractivity contribution in [2.75, 3.05) is 0 Å². The lowest BCUT2D eigenvalue weighted by Crippen LogP contribution is -2.06. The number of pyridine rings is 1. The number of fused-ring (bicyclic) bond motifs is 1. The molecule has 0 amide bonds. The molecule has 0 N–H and O–H groups in total. The zero-order valence-corrected chi connectivity index (χ0v) is 13.2. The molecule has 3 rings (SSSR count). The van der Waals surface area contributed by atoms with Crippen molar-refractivity contribution in [3.63, 3.8) is 0 Å². The monoisotopic (exact) mass is 321 g/mol. The molecule has 0 aliphatic carbocycles. The lowest BCUT2D eigenvalue weighted by molar-refractivity contribution is -0.133. The topological polar surface area (TPSA) is 39.2 Å². The molecule has 0 aliphatic rings. The maximum absolute atomic E-state index is 13.2. The van der Waals surface area contributed by atoms with Crippen molar-refractivity contribution in [3.8, 4) is 5.75 Å². The number of nitrogens with zero attached hydrogens (tertiary/aromatic N) is 1. The Morgan fingerprint density at radius 3 is 2.75 bits per heavy atom. The second-order valence-electron chi connectivity index (χ2n) is 5.28. The van der Waals surface area contributed by atoms with Crippen molar-refractivity contribution in [1.82, 2.24) is 4.98 Å². The van der Waals surface area contributed by atoms with Crippen molar-refractivity contribution >= 4 is 29.0 Å². The normalized spacial score (nSPS) is 11.1. The quantitative estimate of drug-likeness (QED) is 0.509. The lowest BCUT2D eigenvalue weighted by atomic mass is 10.1. The van der Waals surface area contributed by atoms with Gasteiger partial charge in [-0.05, 0) is 35.9 Å². The molecule has 0 unspecified atom stereocenters. The number of benzene rings is 2. The van der Waals surface area contributed by atoms with Gasteiger partial charge < -0.3 is 4.74 Å². The van der Waals surface area contributed by atoms with Crippen LogP contribution in [-0.4, -0.2) is 11.0 Å². The van der Waals surface area contributed by atoms with E-state index in [0.717, 1.165) is 10.9 Å². The highest BCUT2D eigenvalue weighted by atomic mass is 19.1. The van der Waals surface area contributed by atoms with E-state index in [1.807, 2.05) is 30.3 Å². The molecule has 0 saturated heterocycles. The van der Waals surface area contributed by atoms with Crippen LogP contribution in [0.15, 0.2) is 54.6 Å². The van der Waals surface area contributed by atoms with Gasteiger partial charge in [-0.1, -0.05) is 43.3 Å². The summed E-state index contributed by atoms with van der Waals surface area (Å²) in [5.41, 5.74) is 2.08. The Morgan fingerprint density at radius 2 is 1.96 bits per heavy atom. The van der Waals surface area contributed by atoms with Crippen LogP contribution in [0.25, 0.3) is 23.1 Å². The van der Waals surface area contributed by atoms with Gasteiger partial charge in [-0.25, -0.2) is 9.37 Å². The van der Waals surface area contributed by atoms with E-state index in [9.17, 15) is 9.18 Å². The molecule has 0 atom stereocenters. The van der Waals surface area contributed by atoms with Gasteiger partial charge in [-0.15, -0.1) is 0 Å². The molecule has 0 radical (unpaired) electrons. The third-order valence-electron chi connectivity index (χ3n) is 3.51. The SMILES string of the molecule is CCC(=O)Oc1cccc2ccc(/C=C\c3cccc(F)c3)nc12. The first-order valence-corrected chi connectivity index (χ1v) is 7.70. The minimum absolute atomic E-state index is 0.280. The van der Waals surface area contributed by atoms with Crippen LogP contribution in [0.1, 0.15) is 24.6 Å². The number of hydrogen-bond donors (Lipinski definition) is 0. The summed E-state index contributed by atoms with van der Waals surface area (Å²) in [6.45, 7) is 1.74. The summed E-state index contributed by atoms with van der Waals surface area (Å²) in [6, 6.07) is 15.6. The maximum Gasteiger partial charge on any atom is 0.310 e. The number of para-hydroxylation sites is 1. The molecule has 0 saturated carbocycles. The first kappa shape index (κ1) is 15.9. The van der Waals surface area contributed by atoms with Gasteiger partial charge in [-0.2, -0.15) is 0 Å². The largest absolute Gasteiger partial charge is 0.424 e. The van der Waals surface area contributed by atoms with Gasteiger partial charge in [0.1, 0.15) is 11.3 Å². The van der Waals surface area contributed by atoms with E-state index in [2.05, 4.69) is 4.98 Å². The van der Waals surface area contributed by atoms with Gasteiger partial charge in [-0.3, -0.25) is 4.79 Å². The van der Waals surface area contributed by atoms with E-state index >= 15 is 0 Å². The number of aromatic nitrogens is 1. The fourth-order valence-corrected chi connectivity index (χ4v) is 2.30. The summed E-state index contributed by atoms with van der Waals surface area (Å²) >= 11 is 0. The zero-order valence-electron chi connectivity index (χ0n) is 13.2. The van der Waals surface area contributed by atoms with Crippen LogP contribution in [0.2, 0.25) is 0 Å². The van der Waals surface area contributed by atoms with Crippen LogP contribution in [0.3, 0.4) is 0 Å². The van der Waals surface area contributed by atoms with Crippen molar-refractivity contribution < 1.29 is 13.9 Å². The third-order valence-corrected chi connectivity index (χ3v) is 3.51. The minimum Gasteiger partial charge on any atom is -0.424 e. The predicted octanol–water partition coefficient (Wildman–Crippen LogP) is 4.86. The van der Waals surface area contributed by atoms with Crippen molar-refractivity contribution in [3.05, 3.63) is 71.7 Å². The Labute approximate surface area is 139 Å². The molecule has 0 fully saturated rings. The molecule has 0 aliphatic heterocycles.